The molecule has 3 nitrogen and oxygen atoms in total. The molecule has 1 saturated carbocycles. The second kappa shape index (κ2) is 5.13. The highest BCUT2D eigenvalue weighted by molar-refractivity contribution is 9.10. The summed E-state index contributed by atoms with van der Waals surface area (Å²) in [5, 5.41) is 3.51. The van der Waals surface area contributed by atoms with Crippen molar-refractivity contribution in [2.75, 3.05) is 5.32 Å². The lowest BCUT2D eigenvalue weighted by Crippen LogP contribution is -2.17. The maximum absolute atomic E-state index is 4.57. The molecule has 0 atom stereocenters. The molecule has 1 fully saturated rings. The first-order valence-electron chi connectivity index (χ1n) is 5.96. The molecule has 0 aromatic carbocycles. The van der Waals surface area contributed by atoms with E-state index in [1.807, 2.05) is 6.20 Å². The quantitative estimate of drug-likeness (QED) is 0.919. The van der Waals surface area contributed by atoms with Crippen molar-refractivity contribution in [1.82, 2.24) is 9.97 Å². The zero-order valence-corrected chi connectivity index (χ0v) is 11.4. The number of rotatable bonds is 3. The monoisotopic (exact) mass is 283 g/mol. The van der Waals surface area contributed by atoms with Gasteiger partial charge in [-0.2, -0.15) is 0 Å². The molecule has 0 radical (unpaired) electrons. The number of hydrogen-bond donors (Lipinski definition) is 1. The van der Waals surface area contributed by atoms with Gasteiger partial charge >= 0.3 is 0 Å². The summed E-state index contributed by atoms with van der Waals surface area (Å²) >= 11 is 3.50. The topological polar surface area (TPSA) is 37.8 Å². The van der Waals surface area contributed by atoms with Crippen LogP contribution in [0.5, 0.6) is 0 Å². The number of hydrogen-bond acceptors (Lipinski definition) is 3. The SMILES string of the molecule is CC(C)c1ncc(Br)c(NC2CCCC2)n1. The summed E-state index contributed by atoms with van der Waals surface area (Å²) < 4.78 is 0.962. The maximum atomic E-state index is 4.57. The molecule has 0 unspecified atom stereocenters. The third-order valence-corrected chi connectivity index (χ3v) is 3.56. The van der Waals surface area contributed by atoms with E-state index < -0.39 is 0 Å². The van der Waals surface area contributed by atoms with Crippen LogP contribution in [-0.2, 0) is 0 Å². The first kappa shape index (κ1) is 11.8. The van der Waals surface area contributed by atoms with Crippen LogP contribution in [0.3, 0.4) is 0 Å². The van der Waals surface area contributed by atoms with E-state index in [0.717, 1.165) is 16.1 Å². The van der Waals surface area contributed by atoms with Crippen molar-refractivity contribution in [3.05, 3.63) is 16.5 Å². The normalized spacial score (nSPS) is 17.0. The van der Waals surface area contributed by atoms with Gasteiger partial charge in [0.1, 0.15) is 11.6 Å². The number of nitrogens with zero attached hydrogens (tertiary/aromatic N) is 2. The van der Waals surface area contributed by atoms with Gasteiger partial charge in [-0.15, -0.1) is 0 Å². The lowest BCUT2D eigenvalue weighted by atomic mass is 10.2. The molecule has 1 aromatic heterocycles. The smallest absolute Gasteiger partial charge is 0.144 e. The van der Waals surface area contributed by atoms with Crippen LogP contribution in [0.1, 0.15) is 51.3 Å². The Hall–Kier alpha value is -0.640. The van der Waals surface area contributed by atoms with Crippen LogP contribution in [0.25, 0.3) is 0 Å². The Morgan fingerprint density at radius 1 is 1.38 bits per heavy atom. The number of halogens is 1. The molecule has 0 saturated heterocycles. The fourth-order valence-corrected chi connectivity index (χ4v) is 2.33. The van der Waals surface area contributed by atoms with Gasteiger partial charge in [0.25, 0.3) is 0 Å². The summed E-state index contributed by atoms with van der Waals surface area (Å²) in [6.45, 7) is 4.23. The zero-order valence-electron chi connectivity index (χ0n) is 9.83. The Morgan fingerprint density at radius 3 is 2.69 bits per heavy atom. The predicted octanol–water partition coefficient (Wildman–Crippen LogP) is 3.72. The van der Waals surface area contributed by atoms with Crippen LogP contribution in [-0.4, -0.2) is 16.0 Å². The van der Waals surface area contributed by atoms with Crippen molar-refractivity contribution in [3.8, 4) is 0 Å². The highest BCUT2D eigenvalue weighted by Gasteiger charge is 2.17. The average molecular weight is 284 g/mol. The highest BCUT2D eigenvalue weighted by Crippen LogP contribution is 2.26. The van der Waals surface area contributed by atoms with Gasteiger partial charge < -0.3 is 5.32 Å². The third-order valence-electron chi connectivity index (χ3n) is 2.98. The van der Waals surface area contributed by atoms with Crippen molar-refractivity contribution in [2.45, 2.75) is 51.5 Å². The van der Waals surface area contributed by atoms with Crippen LogP contribution in [0.2, 0.25) is 0 Å². The first-order valence-corrected chi connectivity index (χ1v) is 6.75. The molecule has 0 amide bonds. The van der Waals surface area contributed by atoms with Crippen molar-refractivity contribution >= 4 is 21.7 Å². The van der Waals surface area contributed by atoms with Crippen LogP contribution < -0.4 is 5.32 Å². The maximum Gasteiger partial charge on any atom is 0.144 e. The molecule has 1 aliphatic rings. The van der Waals surface area contributed by atoms with Gasteiger partial charge in [-0.25, -0.2) is 9.97 Å². The van der Waals surface area contributed by atoms with Gasteiger partial charge in [0.2, 0.25) is 0 Å². The van der Waals surface area contributed by atoms with Gasteiger partial charge in [0.05, 0.1) is 4.47 Å². The second-order valence-corrected chi connectivity index (χ2v) is 5.56. The Balaban J connectivity index is 2.14. The van der Waals surface area contributed by atoms with E-state index in [1.165, 1.54) is 25.7 Å². The van der Waals surface area contributed by atoms with Gasteiger partial charge in [0.15, 0.2) is 0 Å². The number of anilines is 1. The number of nitrogens with one attached hydrogen (secondary N) is 1. The molecule has 2 rings (SSSR count). The number of aromatic nitrogens is 2. The fraction of sp³-hybridized carbons (Fsp3) is 0.667. The molecule has 1 aliphatic carbocycles. The van der Waals surface area contributed by atoms with E-state index >= 15 is 0 Å². The lowest BCUT2D eigenvalue weighted by molar-refractivity contribution is 0.733. The Kier molecular flexibility index (Phi) is 3.79. The van der Waals surface area contributed by atoms with E-state index in [0.29, 0.717) is 12.0 Å². The Bertz CT molecular complexity index is 359. The first-order chi connectivity index (χ1) is 7.66. The molecule has 16 heavy (non-hydrogen) atoms. The van der Waals surface area contributed by atoms with Crippen LogP contribution in [0.4, 0.5) is 5.82 Å². The summed E-state index contributed by atoms with van der Waals surface area (Å²) in [5.41, 5.74) is 0. The molecule has 0 spiro atoms. The molecule has 0 aliphatic heterocycles. The van der Waals surface area contributed by atoms with E-state index in [4.69, 9.17) is 0 Å². The largest absolute Gasteiger partial charge is 0.366 e. The summed E-state index contributed by atoms with van der Waals surface area (Å²) in [4.78, 5) is 8.88. The average Bonchev–Trinajstić information content (AvgIpc) is 2.73. The standard InChI is InChI=1S/C12H18BrN3/c1-8(2)11-14-7-10(13)12(16-11)15-9-5-3-4-6-9/h7-9H,3-6H2,1-2H3,(H,14,15,16). The van der Waals surface area contributed by atoms with E-state index in [-0.39, 0.29) is 0 Å². The molecule has 1 N–H and O–H groups in total. The van der Waals surface area contributed by atoms with Crippen molar-refractivity contribution in [2.24, 2.45) is 0 Å². The third kappa shape index (κ3) is 2.73. The second-order valence-electron chi connectivity index (χ2n) is 4.71. The van der Waals surface area contributed by atoms with Gasteiger partial charge in [-0.05, 0) is 28.8 Å². The zero-order chi connectivity index (χ0) is 11.5. The van der Waals surface area contributed by atoms with Crippen molar-refractivity contribution in [3.63, 3.8) is 0 Å². The lowest BCUT2D eigenvalue weighted by Gasteiger charge is -2.15. The highest BCUT2D eigenvalue weighted by atomic mass is 79.9. The van der Waals surface area contributed by atoms with Crippen molar-refractivity contribution in [1.29, 1.82) is 0 Å². The molecule has 0 bridgehead atoms. The molecular weight excluding hydrogens is 266 g/mol. The Morgan fingerprint density at radius 2 is 2.06 bits per heavy atom. The van der Waals surface area contributed by atoms with Gasteiger partial charge in [0, 0.05) is 18.2 Å². The minimum absolute atomic E-state index is 0.372. The van der Waals surface area contributed by atoms with Gasteiger partial charge in [-0.3, -0.25) is 0 Å². The van der Waals surface area contributed by atoms with Crippen LogP contribution in [0.15, 0.2) is 10.7 Å². The van der Waals surface area contributed by atoms with Gasteiger partial charge in [-0.1, -0.05) is 26.7 Å². The molecule has 1 aromatic rings. The summed E-state index contributed by atoms with van der Waals surface area (Å²) in [7, 11) is 0. The Labute approximate surface area is 105 Å². The van der Waals surface area contributed by atoms with Crippen LogP contribution in [0, 0.1) is 0 Å². The van der Waals surface area contributed by atoms with Crippen molar-refractivity contribution < 1.29 is 0 Å². The molecule has 4 heteroatoms. The minimum Gasteiger partial charge on any atom is -0.366 e. The fourth-order valence-electron chi connectivity index (χ4n) is 2.02. The van der Waals surface area contributed by atoms with E-state index in [1.54, 1.807) is 0 Å². The summed E-state index contributed by atoms with van der Waals surface area (Å²) in [5.74, 6) is 2.23. The molecular formula is C12H18BrN3. The molecule has 88 valence electrons. The minimum atomic E-state index is 0.372. The van der Waals surface area contributed by atoms with E-state index in [2.05, 4.69) is 45.1 Å². The van der Waals surface area contributed by atoms with E-state index in [9.17, 15) is 0 Å². The summed E-state index contributed by atoms with van der Waals surface area (Å²) in [6, 6.07) is 0.589. The van der Waals surface area contributed by atoms with Crippen LogP contribution >= 0.6 is 15.9 Å². The predicted molar refractivity (Wildman–Crippen MR) is 69.7 cm³/mol. The summed E-state index contributed by atoms with van der Waals surface area (Å²) in [6.07, 6.45) is 7.02. The molecule has 1 heterocycles.